The van der Waals surface area contributed by atoms with Crippen molar-refractivity contribution in [3.05, 3.63) is 61.6 Å². The SMILES string of the molecule is Nn1c(SCC(=O)Nc2ccc([N+](=O)[O-])cc2Cl)nnc1-c1cc(Cl)ccc1Cl. The maximum atomic E-state index is 12.2. The average Bonchev–Trinajstić information content (AvgIpc) is 3.04. The first kappa shape index (κ1) is 21.2. The van der Waals surface area contributed by atoms with Crippen molar-refractivity contribution in [2.45, 2.75) is 5.16 Å². The number of nitrogen functional groups attached to an aromatic ring is 1. The molecule has 0 saturated heterocycles. The molecule has 150 valence electrons. The van der Waals surface area contributed by atoms with Gasteiger partial charge in [0.2, 0.25) is 11.1 Å². The number of hydrogen-bond acceptors (Lipinski definition) is 7. The third-order valence-electron chi connectivity index (χ3n) is 3.60. The number of nitrogens with two attached hydrogens (primary N) is 1. The monoisotopic (exact) mass is 472 g/mol. The fourth-order valence-electron chi connectivity index (χ4n) is 2.26. The summed E-state index contributed by atoms with van der Waals surface area (Å²) in [4.78, 5) is 22.3. The van der Waals surface area contributed by atoms with Gasteiger partial charge in [0.15, 0.2) is 5.82 Å². The predicted molar refractivity (Wildman–Crippen MR) is 113 cm³/mol. The van der Waals surface area contributed by atoms with E-state index >= 15 is 0 Å². The summed E-state index contributed by atoms with van der Waals surface area (Å²) in [5.74, 6) is 5.85. The Bertz CT molecular complexity index is 1110. The number of aromatic nitrogens is 3. The molecule has 0 atom stereocenters. The van der Waals surface area contributed by atoms with Crippen molar-refractivity contribution >= 4 is 63.8 Å². The van der Waals surface area contributed by atoms with Crippen LogP contribution in [0.5, 0.6) is 0 Å². The Hall–Kier alpha value is -2.53. The summed E-state index contributed by atoms with van der Waals surface area (Å²) in [6.45, 7) is 0. The molecule has 3 N–H and O–H groups in total. The van der Waals surface area contributed by atoms with Crippen molar-refractivity contribution in [2.24, 2.45) is 0 Å². The number of carbonyl (C=O) groups excluding carboxylic acids is 1. The minimum atomic E-state index is -0.578. The normalized spacial score (nSPS) is 10.7. The number of nitro groups is 1. The molecule has 0 spiro atoms. The van der Waals surface area contributed by atoms with Crippen LogP contribution >= 0.6 is 46.6 Å². The Labute approximate surface area is 183 Å². The number of nitro benzene ring substituents is 1. The molecule has 0 fully saturated rings. The van der Waals surface area contributed by atoms with E-state index in [4.69, 9.17) is 40.6 Å². The van der Waals surface area contributed by atoms with E-state index in [9.17, 15) is 14.9 Å². The highest BCUT2D eigenvalue weighted by Crippen LogP contribution is 2.31. The molecular formula is C16H11Cl3N6O3S. The summed E-state index contributed by atoms with van der Waals surface area (Å²) in [5.41, 5.74) is 0.581. The Morgan fingerprint density at radius 2 is 1.93 bits per heavy atom. The summed E-state index contributed by atoms with van der Waals surface area (Å²) in [5, 5.41) is 22.5. The summed E-state index contributed by atoms with van der Waals surface area (Å²) in [7, 11) is 0. The topological polar surface area (TPSA) is 129 Å². The van der Waals surface area contributed by atoms with E-state index in [2.05, 4.69) is 15.5 Å². The molecule has 3 rings (SSSR count). The van der Waals surface area contributed by atoms with Gasteiger partial charge in [-0.2, -0.15) is 0 Å². The number of non-ortho nitro benzene ring substituents is 1. The number of halogens is 3. The number of nitrogens with one attached hydrogen (secondary N) is 1. The second-order valence-electron chi connectivity index (χ2n) is 5.56. The third-order valence-corrected chi connectivity index (χ3v) is 5.42. The number of nitrogens with zero attached hydrogens (tertiary/aromatic N) is 4. The summed E-state index contributed by atoms with van der Waals surface area (Å²) >= 11 is 19.1. The van der Waals surface area contributed by atoms with Gasteiger partial charge < -0.3 is 11.2 Å². The van der Waals surface area contributed by atoms with Crippen molar-refractivity contribution in [3.8, 4) is 11.4 Å². The van der Waals surface area contributed by atoms with Gasteiger partial charge in [0, 0.05) is 22.7 Å². The zero-order valence-corrected chi connectivity index (χ0v) is 17.4. The molecule has 13 heteroatoms. The van der Waals surface area contributed by atoms with Gasteiger partial charge in [-0.05, 0) is 24.3 Å². The molecule has 3 aromatic rings. The molecule has 9 nitrogen and oxygen atoms in total. The van der Waals surface area contributed by atoms with Crippen molar-refractivity contribution in [2.75, 3.05) is 16.9 Å². The van der Waals surface area contributed by atoms with Crippen LogP contribution in [0, 0.1) is 10.1 Å². The molecule has 0 unspecified atom stereocenters. The van der Waals surface area contributed by atoms with Crippen molar-refractivity contribution in [3.63, 3.8) is 0 Å². The second kappa shape index (κ2) is 8.87. The molecule has 1 heterocycles. The second-order valence-corrected chi connectivity index (χ2v) is 7.75. The number of thioether (sulfide) groups is 1. The van der Waals surface area contributed by atoms with Crippen LogP contribution in [0.15, 0.2) is 41.6 Å². The third kappa shape index (κ3) is 4.91. The molecule has 0 bridgehead atoms. The van der Waals surface area contributed by atoms with Crippen molar-refractivity contribution < 1.29 is 9.72 Å². The fourth-order valence-corrected chi connectivity index (χ4v) is 3.52. The first-order valence-corrected chi connectivity index (χ1v) is 9.90. The molecular weight excluding hydrogens is 463 g/mol. The summed E-state index contributed by atoms with van der Waals surface area (Å²) in [6.07, 6.45) is 0. The van der Waals surface area contributed by atoms with Gasteiger partial charge in [0.25, 0.3) is 5.69 Å². The van der Waals surface area contributed by atoms with Crippen LogP contribution in [-0.4, -0.2) is 31.5 Å². The molecule has 1 aromatic heterocycles. The number of benzene rings is 2. The maximum absolute atomic E-state index is 12.2. The van der Waals surface area contributed by atoms with Crippen LogP contribution in [0.1, 0.15) is 0 Å². The molecule has 0 aliphatic heterocycles. The quantitative estimate of drug-likeness (QED) is 0.237. The molecule has 0 radical (unpaired) electrons. The van der Waals surface area contributed by atoms with Gasteiger partial charge in [-0.15, -0.1) is 10.2 Å². The van der Waals surface area contributed by atoms with Crippen LogP contribution in [-0.2, 0) is 4.79 Å². The number of anilines is 1. The lowest BCUT2D eigenvalue weighted by atomic mass is 10.2. The fraction of sp³-hybridized carbons (Fsp3) is 0.0625. The van der Waals surface area contributed by atoms with E-state index in [1.165, 1.54) is 16.8 Å². The highest BCUT2D eigenvalue weighted by Gasteiger charge is 2.17. The molecule has 1 amide bonds. The first-order chi connectivity index (χ1) is 13.8. The van der Waals surface area contributed by atoms with E-state index in [0.717, 1.165) is 17.8 Å². The Morgan fingerprint density at radius 1 is 1.17 bits per heavy atom. The van der Waals surface area contributed by atoms with Gasteiger partial charge in [-0.1, -0.05) is 46.6 Å². The summed E-state index contributed by atoms with van der Waals surface area (Å²) < 4.78 is 1.20. The van der Waals surface area contributed by atoms with E-state index < -0.39 is 10.8 Å². The maximum Gasteiger partial charge on any atom is 0.271 e. The smallest absolute Gasteiger partial charge is 0.271 e. The lowest BCUT2D eigenvalue weighted by Crippen LogP contribution is -2.16. The zero-order chi connectivity index (χ0) is 21.1. The highest BCUT2D eigenvalue weighted by molar-refractivity contribution is 7.99. The lowest BCUT2D eigenvalue weighted by molar-refractivity contribution is -0.384. The average molecular weight is 474 g/mol. The van der Waals surface area contributed by atoms with Gasteiger partial charge >= 0.3 is 0 Å². The number of hydrogen-bond donors (Lipinski definition) is 2. The molecule has 29 heavy (non-hydrogen) atoms. The largest absolute Gasteiger partial charge is 0.335 e. The van der Waals surface area contributed by atoms with Crippen LogP contribution in [0.4, 0.5) is 11.4 Å². The predicted octanol–water partition coefficient (Wildman–Crippen LogP) is 4.26. The Balaban J connectivity index is 1.68. The van der Waals surface area contributed by atoms with Crippen LogP contribution < -0.4 is 11.2 Å². The number of amides is 1. The highest BCUT2D eigenvalue weighted by atomic mass is 35.5. The van der Waals surface area contributed by atoms with Crippen LogP contribution in [0.3, 0.4) is 0 Å². The van der Waals surface area contributed by atoms with Gasteiger partial charge in [0.05, 0.1) is 26.4 Å². The lowest BCUT2D eigenvalue weighted by Gasteiger charge is -2.07. The van der Waals surface area contributed by atoms with Gasteiger partial charge in [-0.25, -0.2) is 4.68 Å². The number of carbonyl (C=O) groups is 1. The minimum absolute atomic E-state index is 0.0497. The van der Waals surface area contributed by atoms with Gasteiger partial charge in [0.1, 0.15) is 0 Å². The van der Waals surface area contributed by atoms with Gasteiger partial charge in [-0.3, -0.25) is 14.9 Å². The van der Waals surface area contributed by atoms with E-state index in [1.807, 2.05) is 0 Å². The van der Waals surface area contributed by atoms with Crippen molar-refractivity contribution in [1.82, 2.24) is 14.9 Å². The first-order valence-electron chi connectivity index (χ1n) is 7.78. The van der Waals surface area contributed by atoms with E-state index in [-0.39, 0.29) is 27.3 Å². The zero-order valence-electron chi connectivity index (χ0n) is 14.3. The molecule has 0 saturated carbocycles. The Kier molecular flexibility index (Phi) is 6.48. The Morgan fingerprint density at radius 3 is 2.62 bits per heavy atom. The molecule has 0 aliphatic carbocycles. The summed E-state index contributed by atoms with van der Waals surface area (Å²) in [6, 6.07) is 8.60. The van der Waals surface area contributed by atoms with Crippen LogP contribution in [0.25, 0.3) is 11.4 Å². The number of rotatable bonds is 6. The van der Waals surface area contributed by atoms with E-state index in [1.54, 1.807) is 18.2 Å². The molecule has 0 aliphatic rings. The van der Waals surface area contributed by atoms with Crippen molar-refractivity contribution in [1.29, 1.82) is 0 Å². The van der Waals surface area contributed by atoms with E-state index in [0.29, 0.717) is 21.4 Å². The standard InChI is InChI=1S/C16H11Cl3N6O3S/c17-8-1-3-11(18)10(5-8)15-22-23-16(24(15)20)29-7-14(26)21-13-4-2-9(25(27)28)6-12(13)19/h1-6H,7,20H2,(H,21,26). The minimum Gasteiger partial charge on any atom is -0.335 e. The molecule has 2 aromatic carbocycles. The van der Waals surface area contributed by atoms with Crippen LogP contribution in [0.2, 0.25) is 15.1 Å².